The van der Waals surface area contributed by atoms with Crippen molar-refractivity contribution in [2.24, 2.45) is 0 Å². The second-order valence-corrected chi connectivity index (χ2v) is 7.09. The monoisotopic (exact) mass is 338 g/mol. The third kappa shape index (κ3) is 2.65. The Balaban J connectivity index is 2.21. The average Bonchev–Trinajstić information content (AvgIpc) is 2.87. The molecule has 0 radical (unpaired) electrons. The maximum Gasteiger partial charge on any atom is 0.326 e. The van der Waals surface area contributed by atoms with E-state index < -0.39 is 17.1 Å². The van der Waals surface area contributed by atoms with Gasteiger partial charge in [-0.1, -0.05) is 42.5 Å². The summed E-state index contributed by atoms with van der Waals surface area (Å²) in [6.07, 6.45) is 0. The Kier molecular flexibility index (Phi) is 4.03. The molecule has 25 heavy (non-hydrogen) atoms. The number of amides is 3. The van der Waals surface area contributed by atoms with Crippen LogP contribution in [0.1, 0.15) is 31.9 Å². The van der Waals surface area contributed by atoms with Crippen LogP contribution in [0.4, 0.5) is 4.79 Å². The zero-order valence-corrected chi connectivity index (χ0v) is 14.9. The zero-order chi connectivity index (χ0) is 18.2. The first kappa shape index (κ1) is 17.0. The van der Waals surface area contributed by atoms with Crippen LogP contribution in [0.15, 0.2) is 54.6 Å². The summed E-state index contributed by atoms with van der Waals surface area (Å²) in [7, 11) is 1.59. The number of hydrogen-bond donors (Lipinski definition) is 1. The van der Waals surface area contributed by atoms with Crippen molar-refractivity contribution < 1.29 is 14.3 Å². The number of methoxy groups -OCH3 is 1. The summed E-state index contributed by atoms with van der Waals surface area (Å²) in [5.74, 6) is 0.415. The fraction of sp³-hybridized carbons (Fsp3) is 0.300. The Hall–Kier alpha value is -2.82. The van der Waals surface area contributed by atoms with Gasteiger partial charge in [0.25, 0.3) is 5.91 Å². The molecule has 2 aromatic rings. The molecule has 1 N–H and O–H groups in total. The minimum atomic E-state index is -1.24. The molecule has 0 aliphatic carbocycles. The third-order valence-electron chi connectivity index (χ3n) is 4.42. The van der Waals surface area contributed by atoms with Gasteiger partial charge in [0.15, 0.2) is 5.54 Å². The average molecular weight is 338 g/mol. The first-order chi connectivity index (χ1) is 11.8. The van der Waals surface area contributed by atoms with Gasteiger partial charge in [-0.3, -0.25) is 9.69 Å². The number of benzene rings is 2. The first-order valence-electron chi connectivity index (χ1n) is 8.17. The highest BCUT2D eigenvalue weighted by Crippen LogP contribution is 2.39. The lowest BCUT2D eigenvalue weighted by Gasteiger charge is -2.32. The van der Waals surface area contributed by atoms with Gasteiger partial charge in [-0.25, -0.2) is 4.79 Å². The van der Waals surface area contributed by atoms with E-state index in [1.165, 1.54) is 4.90 Å². The number of ether oxygens (including phenoxy) is 1. The van der Waals surface area contributed by atoms with Gasteiger partial charge in [-0.15, -0.1) is 0 Å². The van der Waals surface area contributed by atoms with Crippen molar-refractivity contribution in [3.63, 3.8) is 0 Å². The van der Waals surface area contributed by atoms with E-state index in [4.69, 9.17) is 4.74 Å². The Morgan fingerprint density at radius 3 is 1.96 bits per heavy atom. The molecule has 5 heteroatoms. The largest absolute Gasteiger partial charge is 0.497 e. The molecule has 0 bridgehead atoms. The van der Waals surface area contributed by atoms with Gasteiger partial charge in [-0.2, -0.15) is 0 Å². The van der Waals surface area contributed by atoms with E-state index in [1.807, 2.05) is 63.2 Å². The van der Waals surface area contributed by atoms with E-state index in [0.717, 1.165) is 5.56 Å². The molecule has 0 unspecified atom stereocenters. The number of nitrogens with zero attached hydrogens (tertiary/aromatic N) is 1. The maximum absolute atomic E-state index is 13.5. The standard InChI is InChI=1S/C20H22N2O3/c1-19(2,3)22-17(23)20(21-18(22)24,14-8-6-5-7-9-14)15-10-12-16(25-4)13-11-15/h5-13H,1-4H3,(H,21,24)/t20-/m0/s1. The molecular weight excluding hydrogens is 316 g/mol. The summed E-state index contributed by atoms with van der Waals surface area (Å²) in [6.45, 7) is 5.54. The van der Waals surface area contributed by atoms with Gasteiger partial charge < -0.3 is 10.1 Å². The SMILES string of the molecule is COc1ccc([C@]2(c3ccccc3)NC(=O)N(C(C)(C)C)C2=O)cc1. The van der Waals surface area contributed by atoms with E-state index in [1.54, 1.807) is 19.2 Å². The zero-order valence-electron chi connectivity index (χ0n) is 14.9. The van der Waals surface area contributed by atoms with Crippen molar-refractivity contribution in [3.8, 4) is 5.75 Å². The van der Waals surface area contributed by atoms with Crippen molar-refractivity contribution in [3.05, 3.63) is 65.7 Å². The smallest absolute Gasteiger partial charge is 0.326 e. The number of urea groups is 1. The van der Waals surface area contributed by atoms with Crippen LogP contribution in [0.3, 0.4) is 0 Å². The minimum absolute atomic E-state index is 0.277. The molecular formula is C20H22N2O3. The summed E-state index contributed by atoms with van der Waals surface area (Å²) >= 11 is 0. The van der Waals surface area contributed by atoms with E-state index in [9.17, 15) is 9.59 Å². The lowest BCUT2D eigenvalue weighted by molar-refractivity contribution is -0.133. The molecule has 130 valence electrons. The molecule has 1 aliphatic rings. The molecule has 1 heterocycles. The van der Waals surface area contributed by atoms with Gasteiger partial charge in [0, 0.05) is 5.54 Å². The Labute approximate surface area is 147 Å². The van der Waals surface area contributed by atoms with Crippen LogP contribution in [0, 0.1) is 0 Å². The number of rotatable bonds is 3. The van der Waals surface area contributed by atoms with Crippen molar-refractivity contribution in [2.45, 2.75) is 31.8 Å². The number of nitrogens with one attached hydrogen (secondary N) is 1. The van der Waals surface area contributed by atoms with Crippen LogP contribution in [-0.4, -0.2) is 29.5 Å². The van der Waals surface area contributed by atoms with Crippen molar-refractivity contribution in [2.75, 3.05) is 7.11 Å². The molecule has 3 amide bonds. The normalized spacial score (nSPS) is 20.6. The second-order valence-electron chi connectivity index (χ2n) is 7.09. The molecule has 0 saturated carbocycles. The van der Waals surface area contributed by atoms with Crippen LogP contribution < -0.4 is 10.1 Å². The quantitative estimate of drug-likeness (QED) is 0.874. The van der Waals surface area contributed by atoms with E-state index in [0.29, 0.717) is 11.3 Å². The van der Waals surface area contributed by atoms with Crippen LogP contribution in [-0.2, 0) is 10.3 Å². The van der Waals surface area contributed by atoms with E-state index >= 15 is 0 Å². The molecule has 2 aromatic carbocycles. The number of carbonyl (C=O) groups excluding carboxylic acids is 2. The summed E-state index contributed by atoms with van der Waals surface area (Å²) in [4.78, 5) is 27.4. The van der Waals surface area contributed by atoms with E-state index in [2.05, 4.69) is 5.32 Å². The fourth-order valence-electron chi connectivity index (χ4n) is 3.23. The predicted molar refractivity (Wildman–Crippen MR) is 95.3 cm³/mol. The lowest BCUT2D eigenvalue weighted by Crippen LogP contribution is -2.48. The molecule has 0 aromatic heterocycles. The molecule has 1 saturated heterocycles. The highest BCUT2D eigenvalue weighted by molar-refractivity contribution is 6.10. The van der Waals surface area contributed by atoms with Gasteiger partial charge in [-0.05, 0) is 44.0 Å². The summed E-state index contributed by atoms with van der Waals surface area (Å²) < 4.78 is 5.21. The summed E-state index contributed by atoms with van der Waals surface area (Å²) in [5.41, 5.74) is -0.433. The Morgan fingerprint density at radius 2 is 1.48 bits per heavy atom. The summed E-state index contributed by atoms with van der Waals surface area (Å²) in [6, 6.07) is 16.1. The second kappa shape index (κ2) is 5.92. The minimum Gasteiger partial charge on any atom is -0.497 e. The van der Waals surface area contributed by atoms with Gasteiger partial charge in [0.1, 0.15) is 5.75 Å². The Morgan fingerprint density at radius 1 is 0.920 bits per heavy atom. The number of carbonyl (C=O) groups is 2. The molecule has 3 rings (SSSR count). The topological polar surface area (TPSA) is 58.6 Å². The highest BCUT2D eigenvalue weighted by Gasteiger charge is 2.56. The van der Waals surface area contributed by atoms with Gasteiger partial charge in [0.05, 0.1) is 7.11 Å². The van der Waals surface area contributed by atoms with Crippen LogP contribution in [0.5, 0.6) is 5.75 Å². The molecule has 0 spiro atoms. The van der Waals surface area contributed by atoms with Gasteiger partial charge >= 0.3 is 6.03 Å². The molecule has 1 atom stereocenters. The third-order valence-corrected chi connectivity index (χ3v) is 4.42. The maximum atomic E-state index is 13.5. The van der Waals surface area contributed by atoms with Gasteiger partial charge in [0.2, 0.25) is 0 Å². The van der Waals surface area contributed by atoms with Crippen molar-refractivity contribution >= 4 is 11.9 Å². The number of hydrogen-bond acceptors (Lipinski definition) is 3. The van der Waals surface area contributed by atoms with E-state index in [-0.39, 0.29) is 5.91 Å². The number of imide groups is 1. The molecule has 1 fully saturated rings. The van der Waals surface area contributed by atoms with Crippen molar-refractivity contribution in [1.29, 1.82) is 0 Å². The first-order valence-corrected chi connectivity index (χ1v) is 8.17. The predicted octanol–water partition coefficient (Wildman–Crippen LogP) is 3.29. The Bertz CT molecular complexity index is 794. The summed E-state index contributed by atoms with van der Waals surface area (Å²) in [5, 5.41) is 2.94. The fourth-order valence-corrected chi connectivity index (χ4v) is 3.23. The highest BCUT2D eigenvalue weighted by atomic mass is 16.5. The molecule has 1 aliphatic heterocycles. The van der Waals surface area contributed by atoms with Crippen LogP contribution in [0.2, 0.25) is 0 Å². The van der Waals surface area contributed by atoms with Crippen LogP contribution in [0.25, 0.3) is 0 Å². The van der Waals surface area contributed by atoms with Crippen molar-refractivity contribution in [1.82, 2.24) is 10.2 Å². The van der Waals surface area contributed by atoms with Crippen LogP contribution >= 0.6 is 0 Å². The lowest BCUT2D eigenvalue weighted by atomic mass is 9.82. The molecule has 5 nitrogen and oxygen atoms in total.